The van der Waals surface area contributed by atoms with Crippen molar-refractivity contribution < 1.29 is 23.9 Å². The van der Waals surface area contributed by atoms with Crippen LogP contribution in [0.15, 0.2) is 22.7 Å². The third-order valence-electron chi connectivity index (χ3n) is 5.58. The summed E-state index contributed by atoms with van der Waals surface area (Å²) >= 11 is 3.39. The highest BCUT2D eigenvalue weighted by molar-refractivity contribution is 9.10. The van der Waals surface area contributed by atoms with E-state index in [0.717, 1.165) is 32.1 Å². The van der Waals surface area contributed by atoms with Gasteiger partial charge in [0.05, 0.1) is 11.2 Å². The molecule has 0 radical (unpaired) electrons. The molecule has 1 aromatic carbocycles. The van der Waals surface area contributed by atoms with E-state index in [-0.39, 0.29) is 24.6 Å². The van der Waals surface area contributed by atoms with Crippen LogP contribution < -0.4 is 10.6 Å². The van der Waals surface area contributed by atoms with Gasteiger partial charge in [-0.05, 0) is 87.0 Å². The molecular weight excluding hydrogens is 466 g/mol. The first kappa shape index (κ1) is 23.4. The van der Waals surface area contributed by atoms with E-state index < -0.39 is 17.2 Å². The number of nitrogens with one attached hydrogen (secondary N) is 2. The molecule has 1 aromatic rings. The summed E-state index contributed by atoms with van der Waals surface area (Å²) in [5, 5.41) is 5.38. The minimum absolute atomic E-state index is 0.109. The molecule has 2 bridgehead atoms. The maximum atomic E-state index is 12.9. The van der Waals surface area contributed by atoms with Gasteiger partial charge in [0.25, 0.3) is 0 Å². The molecule has 9 heteroatoms. The molecule has 0 aromatic heterocycles. The highest BCUT2D eigenvalue weighted by Crippen LogP contribution is 2.45. The first-order chi connectivity index (χ1) is 14.5. The van der Waals surface area contributed by atoms with Gasteiger partial charge in [0, 0.05) is 23.1 Å². The molecular formula is C22H30BrN3O5. The molecule has 2 aliphatic heterocycles. The summed E-state index contributed by atoms with van der Waals surface area (Å²) in [5.41, 5.74) is -0.0755. The highest BCUT2D eigenvalue weighted by Gasteiger charge is 2.53. The summed E-state index contributed by atoms with van der Waals surface area (Å²) in [6.07, 6.45) is 3.41. The topological polar surface area (TPSA) is 97.0 Å². The fourth-order valence-electron chi connectivity index (χ4n) is 4.37. The first-order valence-electron chi connectivity index (χ1n) is 10.5. The molecule has 2 N–H and O–H groups in total. The quantitative estimate of drug-likeness (QED) is 0.592. The fourth-order valence-corrected chi connectivity index (χ4v) is 4.72. The third-order valence-corrected chi connectivity index (χ3v) is 6.28. The zero-order chi connectivity index (χ0) is 22.8. The van der Waals surface area contributed by atoms with Crippen molar-refractivity contribution in [3.8, 4) is 0 Å². The number of ether oxygens (including phenoxy) is 2. The minimum atomic E-state index is -0.617. The van der Waals surface area contributed by atoms with Gasteiger partial charge in [-0.2, -0.15) is 0 Å². The number of carbonyl (C=O) groups excluding carboxylic acids is 3. The van der Waals surface area contributed by atoms with Crippen LogP contribution in [0.25, 0.3) is 0 Å². The Balaban J connectivity index is 1.67. The Morgan fingerprint density at radius 2 is 1.94 bits per heavy atom. The molecule has 2 unspecified atom stereocenters. The van der Waals surface area contributed by atoms with Crippen molar-refractivity contribution in [1.29, 1.82) is 0 Å². The van der Waals surface area contributed by atoms with Gasteiger partial charge in [0.2, 0.25) is 5.91 Å². The maximum absolute atomic E-state index is 12.9. The number of hydrogen-bond donors (Lipinski definition) is 2. The number of amides is 3. The average molecular weight is 496 g/mol. The largest absolute Gasteiger partial charge is 0.447 e. The molecule has 3 rings (SSSR count). The van der Waals surface area contributed by atoms with Gasteiger partial charge in [0.1, 0.15) is 12.2 Å². The Kier molecular flexibility index (Phi) is 6.83. The van der Waals surface area contributed by atoms with Crippen molar-refractivity contribution in [2.45, 2.75) is 77.0 Å². The van der Waals surface area contributed by atoms with Gasteiger partial charge in [-0.1, -0.05) is 0 Å². The predicted octanol–water partition coefficient (Wildman–Crippen LogP) is 5.28. The second-order valence-corrected chi connectivity index (χ2v) is 10.1. The Labute approximate surface area is 191 Å². The van der Waals surface area contributed by atoms with Crippen LogP contribution in [0.3, 0.4) is 0 Å². The summed E-state index contributed by atoms with van der Waals surface area (Å²) < 4.78 is 11.9. The van der Waals surface area contributed by atoms with E-state index in [0.29, 0.717) is 15.8 Å². The van der Waals surface area contributed by atoms with Crippen molar-refractivity contribution in [1.82, 2.24) is 4.90 Å². The molecule has 170 valence electrons. The molecule has 0 spiro atoms. The lowest BCUT2D eigenvalue weighted by Crippen LogP contribution is -2.57. The summed E-state index contributed by atoms with van der Waals surface area (Å²) in [6.45, 7) is 7.07. The second kappa shape index (κ2) is 9.06. The summed E-state index contributed by atoms with van der Waals surface area (Å²) in [4.78, 5) is 38.5. The second-order valence-electron chi connectivity index (χ2n) is 9.24. The zero-order valence-electron chi connectivity index (χ0n) is 18.4. The van der Waals surface area contributed by atoms with Gasteiger partial charge in [-0.3, -0.25) is 15.0 Å². The van der Waals surface area contributed by atoms with Crippen LogP contribution >= 0.6 is 15.9 Å². The van der Waals surface area contributed by atoms with Gasteiger partial charge in [0.15, 0.2) is 0 Å². The van der Waals surface area contributed by atoms with Gasteiger partial charge < -0.3 is 14.8 Å². The molecule has 2 atom stereocenters. The lowest BCUT2D eigenvalue weighted by Gasteiger charge is -2.44. The number of rotatable bonds is 4. The van der Waals surface area contributed by atoms with Crippen molar-refractivity contribution in [2.24, 2.45) is 0 Å². The van der Waals surface area contributed by atoms with E-state index in [2.05, 4.69) is 26.6 Å². The molecule has 3 amide bonds. The number of piperidine rings is 1. The lowest BCUT2D eigenvalue weighted by molar-refractivity contribution is -0.114. The van der Waals surface area contributed by atoms with Crippen LogP contribution in [0.2, 0.25) is 0 Å². The SMILES string of the molecule is CC(=O)Nc1ccc(Br)c(NC(=O)OCC23CCCC(CC2)N3C(=O)OC(C)(C)C)c1. The molecule has 0 aliphatic carbocycles. The van der Waals surface area contributed by atoms with Crippen LogP contribution in [0.5, 0.6) is 0 Å². The summed E-state index contributed by atoms with van der Waals surface area (Å²) in [5.74, 6) is -0.203. The first-order valence-corrected chi connectivity index (χ1v) is 11.3. The molecule has 2 fully saturated rings. The van der Waals surface area contributed by atoms with E-state index in [1.54, 1.807) is 18.2 Å². The number of anilines is 2. The Bertz CT molecular complexity index is 865. The summed E-state index contributed by atoms with van der Waals surface area (Å²) in [6, 6.07) is 5.22. The van der Waals surface area contributed by atoms with Crippen LogP contribution in [-0.2, 0) is 14.3 Å². The smallest absolute Gasteiger partial charge is 0.411 e. The molecule has 2 aliphatic rings. The third kappa shape index (κ3) is 5.70. The Morgan fingerprint density at radius 1 is 1.19 bits per heavy atom. The Hall–Kier alpha value is -2.29. The molecule has 0 saturated carbocycles. The van der Waals surface area contributed by atoms with E-state index in [9.17, 15) is 14.4 Å². The zero-order valence-corrected chi connectivity index (χ0v) is 20.0. The van der Waals surface area contributed by atoms with Crippen molar-refractivity contribution in [3.05, 3.63) is 22.7 Å². The van der Waals surface area contributed by atoms with Gasteiger partial charge in [-0.15, -0.1) is 0 Å². The molecule has 2 saturated heterocycles. The number of hydrogen-bond acceptors (Lipinski definition) is 5. The fraction of sp³-hybridized carbons (Fsp3) is 0.591. The summed E-state index contributed by atoms with van der Waals surface area (Å²) in [7, 11) is 0. The Morgan fingerprint density at radius 3 is 2.61 bits per heavy atom. The van der Waals surface area contributed by atoms with E-state index in [1.165, 1.54) is 6.92 Å². The van der Waals surface area contributed by atoms with Crippen LogP contribution in [0.1, 0.15) is 59.8 Å². The van der Waals surface area contributed by atoms with Crippen LogP contribution in [-0.4, -0.2) is 46.8 Å². The molecule has 2 heterocycles. The number of halogens is 1. The number of carbonyl (C=O) groups is 3. The number of nitrogens with zero attached hydrogens (tertiary/aromatic N) is 1. The van der Waals surface area contributed by atoms with E-state index in [1.807, 2.05) is 25.7 Å². The van der Waals surface area contributed by atoms with Crippen molar-refractivity contribution in [2.75, 3.05) is 17.2 Å². The average Bonchev–Trinajstić information content (AvgIpc) is 2.87. The van der Waals surface area contributed by atoms with Crippen LogP contribution in [0, 0.1) is 0 Å². The minimum Gasteiger partial charge on any atom is -0.447 e. The van der Waals surface area contributed by atoms with Crippen molar-refractivity contribution in [3.63, 3.8) is 0 Å². The predicted molar refractivity (Wildman–Crippen MR) is 121 cm³/mol. The van der Waals surface area contributed by atoms with Gasteiger partial charge in [-0.25, -0.2) is 9.59 Å². The maximum Gasteiger partial charge on any atom is 0.411 e. The molecule has 31 heavy (non-hydrogen) atoms. The number of benzene rings is 1. The standard InChI is InChI=1S/C22H30BrN3O5/c1-14(27)24-15-7-8-17(23)18(12-15)25-19(28)30-13-22-10-5-6-16(9-11-22)26(22)20(29)31-21(2,3)4/h7-8,12,16H,5-6,9-11,13H2,1-4H3,(H,24,27)(H,25,28). The molecule has 8 nitrogen and oxygen atoms in total. The highest BCUT2D eigenvalue weighted by atomic mass is 79.9. The van der Waals surface area contributed by atoms with E-state index in [4.69, 9.17) is 9.47 Å². The van der Waals surface area contributed by atoms with Crippen molar-refractivity contribution >= 4 is 45.4 Å². The van der Waals surface area contributed by atoms with Crippen LogP contribution in [0.4, 0.5) is 21.0 Å². The van der Waals surface area contributed by atoms with E-state index >= 15 is 0 Å². The van der Waals surface area contributed by atoms with Gasteiger partial charge >= 0.3 is 12.2 Å². The number of fused-ring (bicyclic) bond motifs is 2. The normalized spacial score (nSPS) is 22.6. The lowest BCUT2D eigenvalue weighted by atomic mass is 9.89. The monoisotopic (exact) mass is 495 g/mol.